The van der Waals surface area contributed by atoms with Gasteiger partial charge in [-0.2, -0.15) is 18.4 Å². The standard InChI is InChI=1S/C13H13F3N2O2/c1-9(19)11-3-2-10(7-17)6-12(11)18-4-5-20-8-13(14,15)16/h2-3,6,18H,4-5,8H2,1H3. The maximum atomic E-state index is 11.8. The van der Waals surface area contributed by atoms with Crippen LogP contribution in [-0.4, -0.2) is 31.7 Å². The van der Waals surface area contributed by atoms with Crippen LogP contribution in [0.25, 0.3) is 0 Å². The van der Waals surface area contributed by atoms with Gasteiger partial charge in [-0.3, -0.25) is 4.79 Å². The lowest BCUT2D eigenvalue weighted by molar-refractivity contribution is -0.172. The van der Waals surface area contributed by atoms with Crippen molar-refractivity contribution >= 4 is 11.5 Å². The molecule has 108 valence electrons. The molecule has 0 saturated heterocycles. The van der Waals surface area contributed by atoms with Crippen LogP contribution in [0.4, 0.5) is 18.9 Å². The molecular formula is C13H13F3N2O2. The number of hydrogen-bond donors (Lipinski definition) is 1. The normalized spacial score (nSPS) is 10.9. The van der Waals surface area contributed by atoms with Crippen molar-refractivity contribution in [3.05, 3.63) is 29.3 Å². The number of carbonyl (C=O) groups is 1. The lowest BCUT2D eigenvalue weighted by Gasteiger charge is -2.12. The van der Waals surface area contributed by atoms with Crippen LogP contribution in [0.3, 0.4) is 0 Å². The molecular weight excluding hydrogens is 273 g/mol. The lowest BCUT2D eigenvalue weighted by Crippen LogP contribution is -2.20. The van der Waals surface area contributed by atoms with Gasteiger partial charge in [0.15, 0.2) is 5.78 Å². The van der Waals surface area contributed by atoms with Crippen LogP contribution >= 0.6 is 0 Å². The Morgan fingerprint density at radius 3 is 2.70 bits per heavy atom. The number of nitrogens with one attached hydrogen (secondary N) is 1. The SMILES string of the molecule is CC(=O)c1ccc(C#N)cc1NCCOCC(F)(F)F. The minimum atomic E-state index is -4.36. The number of carbonyl (C=O) groups excluding carboxylic acids is 1. The quantitative estimate of drug-likeness (QED) is 0.645. The second kappa shape index (κ2) is 6.91. The number of ketones is 1. The van der Waals surface area contributed by atoms with E-state index in [1.54, 1.807) is 0 Å². The Morgan fingerprint density at radius 1 is 1.45 bits per heavy atom. The smallest absolute Gasteiger partial charge is 0.382 e. The molecule has 1 aromatic carbocycles. The first kappa shape index (κ1) is 16.0. The van der Waals surface area contributed by atoms with Crippen molar-refractivity contribution in [2.45, 2.75) is 13.1 Å². The molecule has 7 heteroatoms. The minimum Gasteiger partial charge on any atom is -0.382 e. The average molecular weight is 286 g/mol. The van der Waals surface area contributed by atoms with Crippen LogP contribution in [0.15, 0.2) is 18.2 Å². The van der Waals surface area contributed by atoms with E-state index in [0.717, 1.165) is 0 Å². The molecule has 1 aromatic rings. The second-order valence-corrected chi connectivity index (χ2v) is 4.02. The van der Waals surface area contributed by atoms with E-state index in [4.69, 9.17) is 5.26 Å². The van der Waals surface area contributed by atoms with Crippen molar-refractivity contribution in [3.63, 3.8) is 0 Å². The van der Waals surface area contributed by atoms with Crippen LogP contribution in [-0.2, 0) is 4.74 Å². The number of Topliss-reactive ketones (excluding diaryl/α,β-unsaturated/α-hetero) is 1. The van der Waals surface area contributed by atoms with Crippen LogP contribution in [0.1, 0.15) is 22.8 Å². The summed E-state index contributed by atoms with van der Waals surface area (Å²) in [5.41, 5.74) is 1.14. The van der Waals surface area contributed by atoms with E-state index in [2.05, 4.69) is 10.1 Å². The molecule has 20 heavy (non-hydrogen) atoms. The molecule has 0 aliphatic rings. The first-order chi connectivity index (χ1) is 9.33. The van der Waals surface area contributed by atoms with E-state index in [1.807, 2.05) is 6.07 Å². The molecule has 0 atom stereocenters. The summed E-state index contributed by atoms with van der Waals surface area (Å²) in [6.07, 6.45) is -4.36. The fourth-order valence-corrected chi connectivity index (χ4v) is 1.51. The Labute approximate surface area is 114 Å². The molecule has 4 nitrogen and oxygen atoms in total. The summed E-state index contributed by atoms with van der Waals surface area (Å²) in [5.74, 6) is -0.201. The van der Waals surface area contributed by atoms with Crippen LogP contribution in [0.5, 0.6) is 0 Å². The van der Waals surface area contributed by atoms with Gasteiger partial charge in [-0.25, -0.2) is 0 Å². The van der Waals surface area contributed by atoms with E-state index in [-0.39, 0.29) is 18.9 Å². The van der Waals surface area contributed by atoms with Gasteiger partial charge in [-0.15, -0.1) is 0 Å². The van der Waals surface area contributed by atoms with Crippen molar-refractivity contribution in [2.24, 2.45) is 0 Å². The van der Waals surface area contributed by atoms with Gasteiger partial charge in [0.25, 0.3) is 0 Å². The second-order valence-electron chi connectivity index (χ2n) is 4.02. The Bertz CT molecular complexity index is 521. The van der Waals surface area contributed by atoms with Gasteiger partial charge in [-0.1, -0.05) is 0 Å². The molecule has 0 spiro atoms. The molecule has 0 aromatic heterocycles. The zero-order valence-electron chi connectivity index (χ0n) is 10.8. The Hall–Kier alpha value is -2.07. The number of hydrogen-bond acceptors (Lipinski definition) is 4. The molecule has 0 bridgehead atoms. The largest absolute Gasteiger partial charge is 0.411 e. The van der Waals surface area contributed by atoms with Crippen LogP contribution in [0, 0.1) is 11.3 Å². The predicted octanol–water partition coefficient (Wildman–Crippen LogP) is 2.75. The first-order valence-corrected chi connectivity index (χ1v) is 5.77. The van der Waals surface area contributed by atoms with E-state index in [0.29, 0.717) is 16.8 Å². The average Bonchev–Trinajstić information content (AvgIpc) is 2.36. The van der Waals surface area contributed by atoms with Crippen LogP contribution in [0.2, 0.25) is 0 Å². The zero-order chi connectivity index (χ0) is 15.2. The minimum absolute atomic E-state index is 0.102. The third-order valence-corrected chi connectivity index (χ3v) is 2.36. The van der Waals surface area contributed by atoms with Gasteiger partial charge in [0.2, 0.25) is 0 Å². The maximum Gasteiger partial charge on any atom is 0.411 e. The predicted molar refractivity (Wildman–Crippen MR) is 66.5 cm³/mol. The first-order valence-electron chi connectivity index (χ1n) is 5.77. The number of halogens is 3. The van der Waals surface area contributed by atoms with Gasteiger partial charge in [0.1, 0.15) is 6.61 Å². The lowest BCUT2D eigenvalue weighted by atomic mass is 10.1. The van der Waals surface area contributed by atoms with E-state index in [1.165, 1.54) is 25.1 Å². The molecule has 0 aliphatic heterocycles. The van der Waals surface area contributed by atoms with Gasteiger partial charge in [0, 0.05) is 17.8 Å². The molecule has 1 rings (SSSR count). The summed E-state index contributed by atoms with van der Waals surface area (Å²) in [6, 6.07) is 6.40. The van der Waals surface area contributed by atoms with Gasteiger partial charge < -0.3 is 10.1 Å². The number of anilines is 1. The molecule has 1 N–H and O–H groups in total. The highest BCUT2D eigenvalue weighted by Crippen LogP contribution is 2.18. The summed E-state index contributed by atoms with van der Waals surface area (Å²) < 4.78 is 40.0. The van der Waals surface area contributed by atoms with Crippen molar-refractivity contribution in [1.29, 1.82) is 5.26 Å². The number of nitrogens with zero attached hydrogens (tertiary/aromatic N) is 1. The number of ether oxygens (including phenoxy) is 1. The summed E-state index contributed by atoms with van der Waals surface area (Å²) in [7, 11) is 0. The Morgan fingerprint density at radius 2 is 2.15 bits per heavy atom. The molecule has 0 fully saturated rings. The molecule has 0 amide bonds. The fraction of sp³-hybridized carbons (Fsp3) is 0.385. The highest BCUT2D eigenvalue weighted by molar-refractivity contribution is 5.99. The van der Waals surface area contributed by atoms with Crippen molar-refractivity contribution in [3.8, 4) is 6.07 Å². The van der Waals surface area contributed by atoms with Gasteiger partial charge in [-0.05, 0) is 25.1 Å². The summed E-state index contributed by atoms with van der Waals surface area (Å²) >= 11 is 0. The number of rotatable bonds is 6. The molecule has 0 aliphatic carbocycles. The summed E-state index contributed by atoms with van der Waals surface area (Å²) in [4.78, 5) is 11.4. The number of alkyl halides is 3. The van der Waals surface area contributed by atoms with Crippen molar-refractivity contribution in [1.82, 2.24) is 0 Å². The van der Waals surface area contributed by atoms with Crippen LogP contribution < -0.4 is 5.32 Å². The van der Waals surface area contributed by atoms with E-state index < -0.39 is 12.8 Å². The molecule has 0 heterocycles. The molecule has 0 unspecified atom stereocenters. The highest BCUT2D eigenvalue weighted by atomic mass is 19.4. The number of benzene rings is 1. The number of nitriles is 1. The topological polar surface area (TPSA) is 62.1 Å². The van der Waals surface area contributed by atoms with Gasteiger partial charge >= 0.3 is 6.18 Å². The highest BCUT2D eigenvalue weighted by Gasteiger charge is 2.27. The third-order valence-electron chi connectivity index (χ3n) is 2.36. The fourth-order valence-electron chi connectivity index (χ4n) is 1.51. The molecule has 0 saturated carbocycles. The monoisotopic (exact) mass is 286 g/mol. The third kappa shape index (κ3) is 5.28. The Kier molecular flexibility index (Phi) is 5.53. The van der Waals surface area contributed by atoms with Gasteiger partial charge in [0.05, 0.1) is 18.2 Å². The van der Waals surface area contributed by atoms with E-state index in [9.17, 15) is 18.0 Å². The summed E-state index contributed by atoms with van der Waals surface area (Å²) in [6.45, 7) is -0.00191. The van der Waals surface area contributed by atoms with E-state index >= 15 is 0 Å². The maximum absolute atomic E-state index is 11.8. The summed E-state index contributed by atoms with van der Waals surface area (Å²) in [5, 5.41) is 11.6. The Balaban J connectivity index is 2.58. The molecule has 0 radical (unpaired) electrons. The van der Waals surface area contributed by atoms with Crippen molar-refractivity contribution in [2.75, 3.05) is 25.1 Å². The zero-order valence-corrected chi connectivity index (χ0v) is 10.8. The van der Waals surface area contributed by atoms with Crippen molar-refractivity contribution < 1.29 is 22.7 Å².